The van der Waals surface area contributed by atoms with Crippen molar-refractivity contribution in [1.82, 2.24) is 0 Å². The molecule has 0 aliphatic heterocycles. The van der Waals surface area contributed by atoms with Crippen LogP contribution in [0.1, 0.15) is 0 Å². The fraction of sp³-hybridized carbons (Fsp3) is 0. The summed E-state index contributed by atoms with van der Waals surface area (Å²) >= 11 is -3.39. The molecule has 6 heteroatoms. The molecule has 0 bridgehead atoms. The zero-order chi connectivity index (χ0) is 4.50. The van der Waals surface area contributed by atoms with Gasteiger partial charge in [-0.15, -0.1) is 0 Å². The van der Waals surface area contributed by atoms with Crippen molar-refractivity contribution in [2.45, 2.75) is 0 Å². The van der Waals surface area contributed by atoms with E-state index in [1.807, 2.05) is 0 Å². The monoisotopic (exact) mass is 455 g/mol. The number of halogens is 4. The van der Waals surface area contributed by atoms with E-state index in [0.717, 1.165) is 0 Å². The van der Waals surface area contributed by atoms with E-state index in [4.69, 9.17) is 33.3 Å². The molecule has 0 spiro atoms. The first-order valence-electron chi connectivity index (χ1n) is 0.756. The van der Waals surface area contributed by atoms with Crippen molar-refractivity contribution in [3.05, 3.63) is 0 Å². The summed E-state index contributed by atoms with van der Waals surface area (Å²) in [7, 11) is 20.2. The Kier molecular flexibility index (Phi) is 9.04. The number of hydrogen-bond acceptors (Lipinski definition) is 0. The van der Waals surface area contributed by atoms with Crippen molar-refractivity contribution in [3.63, 3.8) is 0 Å². The Balaban J connectivity index is 0. The summed E-state index contributed by atoms with van der Waals surface area (Å²) in [6.07, 6.45) is 0. The average Bonchev–Trinajstić information content (AvgIpc) is 0.722. The van der Waals surface area contributed by atoms with Gasteiger partial charge in [-0.05, 0) is 0 Å². The van der Waals surface area contributed by atoms with Crippen LogP contribution in [0.4, 0.5) is 0 Å². The van der Waals surface area contributed by atoms with Crippen molar-refractivity contribution >= 4 is 49.5 Å². The Morgan fingerprint density at radius 3 is 0.833 bits per heavy atom. The van der Waals surface area contributed by atoms with Crippen LogP contribution in [0.2, 0.25) is 0 Å². The van der Waals surface area contributed by atoms with Gasteiger partial charge in [0.2, 0.25) is 0 Å². The van der Waals surface area contributed by atoms with E-state index in [9.17, 15) is 0 Å². The Bertz CT molecular complexity index is 23.0. The molecule has 0 fully saturated rings. The third-order valence-corrected chi connectivity index (χ3v) is 0. The third kappa shape index (κ3) is 29.0. The Hall–Kier alpha value is 2.82. The van der Waals surface area contributed by atoms with Gasteiger partial charge in [0.1, 0.15) is 0 Å². The van der Waals surface area contributed by atoms with Crippen LogP contribution in [-0.2, 0) is 22.4 Å². The van der Waals surface area contributed by atoms with E-state index in [1.165, 1.54) is 0 Å². The van der Waals surface area contributed by atoms with Gasteiger partial charge in [0, 0.05) is 22.4 Å². The van der Waals surface area contributed by atoms with Crippen LogP contribution in [0, 0.1) is 0 Å². The SMILES string of the molecule is [Ag].[Cl][Pb]([Cl])([Cl])[Cl]. The van der Waals surface area contributed by atoms with Gasteiger partial charge in [-0.3, -0.25) is 0 Å². The van der Waals surface area contributed by atoms with Gasteiger partial charge in [-0.25, -0.2) is 0 Å². The molecular formula is AgCl4Pb. The molecule has 0 nitrogen and oxygen atoms in total. The predicted molar refractivity (Wildman–Crippen MR) is 29.2 cm³/mol. The number of rotatable bonds is 0. The van der Waals surface area contributed by atoms with Crippen LogP contribution in [0.3, 0.4) is 0 Å². The van der Waals surface area contributed by atoms with Gasteiger partial charge < -0.3 is 0 Å². The number of hydrogen-bond donors (Lipinski definition) is 0. The molecule has 0 aliphatic rings. The zero-order valence-corrected chi connectivity index (χ0v) is 10.7. The molecule has 0 aromatic heterocycles. The maximum atomic E-state index is 5.05. The van der Waals surface area contributed by atoms with E-state index in [2.05, 4.69) is 0 Å². The standard InChI is InChI=1S/Ag.4ClH.Pb/h;4*1H;/q;;;;;+4/p-4. The summed E-state index contributed by atoms with van der Waals surface area (Å²) < 4.78 is 0. The van der Waals surface area contributed by atoms with Crippen molar-refractivity contribution in [3.8, 4) is 0 Å². The summed E-state index contributed by atoms with van der Waals surface area (Å²) in [5, 5.41) is 0. The second-order valence-corrected chi connectivity index (χ2v) is 33.8. The molecule has 0 saturated heterocycles. The van der Waals surface area contributed by atoms with E-state index in [-0.39, 0.29) is 22.4 Å². The Morgan fingerprint density at radius 1 is 0.833 bits per heavy atom. The van der Waals surface area contributed by atoms with Crippen molar-refractivity contribution in [2.75, 3.05) is 0 Å². The molecule has 0 heterocycles. The van der Waals surface area contributed by atoms with Gasteiger partial charge in [0.25, 0.3) is 0 Å². The molecule has 43 valence electrons. The van der Waals surface area contributed by atoms with Gasteiger partial charge in [0.05, 0.1) is 0 Å². The molecule has 0 aromatic carbocycles. The minimum absolute atomic E-state index is 0. The van der Waals surface area contributed by atoms with Crippen molar-refractivity contribution < 1.29 is 22.4 Å². The molecule has 0 aliphatic carbocycles. The molecular weight excluding hydrogens is 457 g/mol. The van der Waals surface area contributed by atoms with Gasteiger partial charge in [0.15, 0.2) is 0 Å². The topological polar surface area (TPSA) is 0 Å². The average molecular weight is 457 g/mol. The predicted octanol–water partition coefficient (Wildman–Crippen LogP) is 2.37. The van der Waals surface area contributed by atoms with E-state index in [0.29, 0.717) is 0 Å². The third-order valence-electron chi connectivity index (χ3n) is 0. The normalized spacial score (nSPS) is 10.0. The summed E-state index contributed by atoms with van der Waals surface area (Å²) in [5.74, 6) is 0. The van der Waals surface area contributed by atoms with Gasteiger partial charge in [-0.2, -0.15) is 0 Å². The molecule has 0 atom stereocenters. The summed E-state index contributed by atoms with van der Waals surface area (Å²) in [6.45, 7) is 0. The molecule has 0 amide bonds. The van der Waals surface area contributed by atoms with Crippen LogP contribution in [0.5, 0.6) is 0 Å². The first-order valence-corrected chi connectivity index (χ1v) is 19.9. The Labute approximate surface area is 70.5 Å². The molecule has 0 saturated carbocycles. The van der Waals surface area contributed by atoms with Crippen LogP contribution >= 0.6 is 33.3 Å². The summed E-state index contributed by atoms with van der Waals surface area (Å²) in [4.78, 5) is 0. The molecule has 1 radical (unpaired) electrons. The minimum atomic E-state index is -3.39. The molecule has 6 heavy (non-hydrogen) atoms. The fourth-order valence-corrected chi connectivity index (χ4v) is 0. The van der Waals surface area contributed by atoms with Crippen molar-refractivity contribution in [1.29, 1.82) is 0 Å². The summed E-state index contributed by atoms with van der Waals surface area (Å²) in [5.41, 5.74) is 0. The second kappa shape index (κ2) is 4.68. The van der Waals surface area contributed by atoms with E-state index >= 15 is 0 Å². The first kappa shape index (κ1) is 11.6. The Morgan fingerprint density at radius 2 is 0.833 bits per heavy atom. The van der Waals surface area contributed by atoms with Crippen LogP contribution < -0.4 is 0 Å². The van der Waals surface area contributed by atoms with Crippen molar-refractivity contribution in [2.24, 2.45) is 0 Å². The summed E-state index contributed by atoms with van der Waals surface area (Å²) in [6, 6.07) is 0. The molecule has 0 N–H and O–H groups in total. The first-order chi connectivity index (χ1) is 2.00. The van der Waals surface area contributed by atoms with Gasteiger partial charge >= 0.3 is 49.5 Å². The quantitative estimate of drug-likeness (QED) is 0.491. The van der Waals surface area contributed by atoms with E-state index in [1.54, 1.807) is 0 Å². The van der Waals surface area contributed by atoms with Crippen LogP contribution in [-0.4, -0.2) is 16.3 Å². The van der Waals surface area contributed by atoms with Crippen LogP contribution in [0.25, 0.3) is 0 Å². The second-order valence-electron chi connectivity index (χ2n) is 0.429. The zero-order valence-electron chi connectivity index (χ0n) is 2.31. The van der Waals surface area contributed by atoms with Gasteiger partial charge in [-0.1, -0.05) is 0 Å². The van der Waals surface area contributed by atoms with Crippen LogP contribution in [0.15, 0.2) is 0 Å². The van der Waals surface area contributed by atoms with E-state index < -0.39 is 16.3 Å². The molecule has 0 unspecified atom stereocenters. The fourth-order valence-electron chi connectivity index (χ4n) is 0. The molecule has 0 rings (SSSR count). The molecule has 0 aromatic rings. The maximum absolute atomic E-state index is 5.05.